The van der Waals surface area contributed by atoms with Gasteiger partial charge in [-0.3, -0.25) is 0 Å². The van der Waals surface area contributed by atoms with E-state index in [1.54, 1.807) is 0 Å². The quantitative estimate of drug-likeness (QED) is 0.696. The predicted octanol–water partition coefficient (Wildman–Crippen LogP) is 0.670. The fourth-order valence-electron chi connectivity index (χ4n) is 0.606. The molecule has 0 aliphatic carbocycles. The molecule has 0 aliphatic rings. The molecule has 46 valence electrons. The van der Waals surface area contributed by atoms with Crippen LogP contribution in [0.1, 0.15) is 5.56 Å². The van der Waals surface area contributed by atoms with E-state index >= 15 is 0 Å². The molecule has 0 N–H and O–H groups in total. The van der Waals surface area contributed by atoms with Crippen molar-refractivity contribution in [3.8, 4) is 0 Å². The zero-order valence-corrected chi connectivity index (χ0v) is 8.64. The van der Waals surface area contributed by atoms with Gasteiger partial charge in [0.25, 0.3) is 0 Å². The predicted molar refractivity (Wildman–Crippen MR) is 37.3 cm³/mol. The summed E-state index contributed by atoms with van der Waals surface area (Å²) in [5.74, 6) is 0. The van der Waals surface area contributed by atoms with Gasteiger partial charge in [-0.25, -0.2) is 0 Å². The second-order valence-electron chi connectivity index (χ2n) is 1.93. The fourth-order valence-corrected chi connectivity index (χ4v) is 1.66. The molecule has 0 unspecified atom stereocenters. The zero-order valence-electron chi connectivity index (χ0n) is 5.16. The summed E-state index contributed by atoms with van der Waals surface area (Å²) in [7, 11) is 0. The Morgan fingerprint density at radius 2 is 1.78 bits per heavy atom. The van der Waals surface area contributed by atoms with Crippen molar-refractivity contribution in [3.05, 3.63) is 29.8 Å². The van der Waals surface area contributed by atoms with E-state index in [4.69, 9.17) is 0 Å². The van der Waals surface area contributed by atoms with E-state index in [2.05, 4.69) is 0 Å². The van der Waals surface area contributed by atoms with E-state index in [1.165, 1.54) is 5.56 Å². The van der Waals surface area contributed by atoms with Crippen molar-refractivity contribution in [3.63, 3.8) is 0 Å². The second kappa shape index (κ2) is 3.17. The third-order valence-electron chi connectivity index (χ3n) is 1.14. The van der Waals surface area contributed by atoms with E-state index in [0.29, 0.717) is 0 Å². The molecule has 0 saturated heterocycles. The first-order valence-electron chi connectivity index (χ1n) is 2.73. The van der Waals surface area contributed by atoms with Crippen molar-refractivity contribution < 1.29 is 2.81 Å². The van der Waals surface area contributed by atoms with Gasteiger partial charge < -0.3 is 0 Å². The number of hydrogen-bond donors (Lipinski definition) is 0. The average Bonchev–Trinajstić information content (AvgIpc) is 1.90. The van der Waals surface area contributed by atoms with Gasteiger partial charge >= 0.3 is 66.1 Å². The molecule has 0 spiro atoms. The third-order valence-corrected chi connectivity index (χ3v) is 3.12. The molecule has 0 aromatic heterocycles. The minimum atomic E-state index is -1.49. The van der Waals surface area contributed by atoms with Crippen LogP contribution in [0.5, 0.6) is 0 Å². The Bertz CT molecular complexity index is 203. The Labute approximate surface area is 66.1 Å². The van der Waals surface area contributed by atoms with Crippen LogP contribution >= 0.6 is 0 Å². The van der Waals surface area contributed by atoms with Gasteiger partial charge in [0.1, 0.15) is 0 Å². The summed E-state index contributed by atoms with van der Waals surface area (Å²) in [6.45, 7) is 2.03. The summed E-state index contributed by atoms with van der Waals surface area (Å²) < 4.78 is 11.5. The number of rotatable bonds is 1. The maximum atomic E-state index is 10.4. The Kier molecular flexibility index (Phi) is 2.47. The molecule has 2 heteroatoms. The molecule has 1 nitrogen and oxygen atoms in total. The molecule has 1 aromatic rings. The second-order valence-corrected chi connectivity index (χ2v) is 4.64. The van der Waals surface area contributed by atoms with Gasteiger partial charge in [0.2, 0.25) is 0 Å². The molecule has 0 heterocycles. The van der Waals surface area contributed by atoms with Gasteiger partial charge in [-0.15, -0.1) is 0 Å². The molecule has 1 rings (SSSR count). The van der Waals surface area contributed by atoms with Crippen LogP contribution < -0.4 is 3.27 Å². The summed E-state index contributed by atoms with van der Waals surface area (Å²) in [6.07, 6.45) is 0. The zero-order chi connectivity index (χ0) is 6.69. The standard InChI is InChI=1S/C7H7.Bi.O/c1-7-5-3-2-4-6-7;;/h3-6H,1H3;;. The van der Waals surface area contributed by atoms with Gasteiger partial charge in [0.05, 0.1) is 0 Å². The Morgan fingerprint density at radius 3 is 2.22 bits per heavy atom. The van der Waals surface area contributed by atoms with Crippen molar-refractivity contribution in [2.75, 3.05) is 0 Å². The normalized spacial score (nSPS) is 9.00. The van der Waals surface area contributed by atoms with Crippen LogP contribution in [0.25, 0.3) is 0 Å². The number of hydrogen-bond acceptors (Lipinski definition) is 1. The van der Waals surface area contributed by atoms with Gasteiger partial charge in [0, 0.05) is 0 Å². The maximum absolute atomic E-state index is 10.4. The molecular formula is C7H7BiO. The molecule has 0 aliphatic heterocycles. The van der Waals surface area contributed by atoms with Crippen LogP contribution in [-0.2, 0) is 2.81 Å². The van der Waals surface area contributed by atoms with Crippen LogP contribution in [0.4, 0.5) is 0 Å². The first kappa shape index (κ1) is 7.02. The SMILES string of the molecule is Cc1cc[c]([Bi]=[O])cc1. The molecule has 0 amide bonds. The van der Waals surface area contributed by atoms with Crippen molar-refractivity contribution in [2.45, 2.75) is 6.92 Å². The first-order valence-corrected chi connectivity index (χ1v) is 5.89. The Balaban J connectivity index is 3.01. The summed E-state index contributed by atoms with van der Waals surface area (Å²) in [5.41, 5.74) is 1.23. The Hall–Kier alpha value is -0.0969. The number of benzene rings is 1. The third kappa shape index (κ3) is 1.94. The van der Waals surface area contributed by atoms with Crippen LogP contribution in [0.2, 0.25) is 0 Å². The monoisotopic (exact) mass is 316 g/mol. The van der Waals surface area contributed by atoms with Gasteiger partial charge in [-0.1, -0.05) is 0 Å². The molecule has 0 atom stereocenters. The summed E-state index contributed by atoms with van der Waals surface area (Å²) in [5, 5.41) is 0. The van der Waals surface area contributed by atoms with E-state index in [1.807, 2.05) is 31.2 Å². The van der Waals surface area contributed by atoms with E-state index in [0.717, 1.165) is 3.27 Å². The fraction of sp³-hybridized carbons (Fsp3) is 0.143. The van der Waals surface area contributed by atoms with Crippen molar-refractivity contribution in [2.24, 2.45) is 0 Å². The average molecular weight is 316 g/mol. The van der Waals surface area contributed by atoms with Gasteiger partial charge in [0.15, 0.2) is 0 Å². The first-order chi connectivity index (χ1) is 4.33. The molecule has 9 heavy (non-hydrogen) atoms. The van der Waals surface area contributed by atoms with Crippen LogP contribution in [0.15, 0.2) is 24.3 Å². The van der Waals surface area contributed by atoms with Crippen LogP contribution in [-0.4, -0.2) is 23.2 Å². The molecule has 1 aromatic carbocycles. The summed E-state index contributed by atoms with van der Waals surface area (Å²) in [4.78, 5) is 0. The summed E-state index contributed by atoms with van der Waals surface area (Å²) in [6, 6.07) is 7.88. The molecular weight excluding hydrogens is 309 g/mol. The van der Waals surface area contributed by atoms with Crippen LogP contribution in [0.3, 0.4) is 0 Å². The number of aryl methyl sites for hydroxylation is 1. The minimum absolute atomic E-state index is 1.04. The topological polar surface area (TPSA) is 17.1 Å². The summed E-state index contributed by atoms with van der Waals surface area (Å²) >= 11 is -1.49. The molecule has 0 fully saturated rings. The molecule has 0 radical (unpaired) electrons. The van der Waals surface area contributed by atoms with E-state index in [9.17, 15) is 2.81 Å². The van der Waals surface area contributed by atoms with E-state index in [-0.39, 0.29) is 0 Å². The van der Waals surface area contributed by atoms with E-state index < -0.39 is 23.2 Å². The van der Waals surface area contributed by atoms with Crippen molar-refractivity contribution in [1.82, 2.24) is 0 Å². The van der Waals surface area contributed by atoms with Crippen LogP contribution in [0, 0.1) is 6.92 Å². The molecule has 0 bridgehead atoms. The molecule has 0 saturated carbocycles. The van der Waals surface area contributed by atoms with Gasteiger partial charge in [-0.05, 0) is 0 Å². The van der Waals surface area contributed by atoms with Crippen molar-refractivity contribution in [1.29, 1.82) is 0 Å². The van der Waals surface area contributed by atoms with Gasteiger partial charge in [-0.2, -0.15) is 0 Å². The van der Waals surface area contributed by atoms with Crippen molar-refractivity contribution >= 4 is 26.5 Å². The Morgan fingerprint density at radius 1 is 1.22 bits per heavy atom.